The molecule has 0 unspecified atom stereocenters. The number of thiophene rings is 1. The van der Waals surface area contributed by atoms with E-state index in [9.17, 15) is 20.0 Å². The van der Waals surface area contributed by atoms with E-state index in [2.05, 4.69) is 10.2 Å². The zero-order valence-electron chi connectivity index (χ0n) is 11.6. The van der Waals surface area contributed by atoms with Gasteiger partial charge in [0.2, 0.25) is 0 Å². The molecule has 0 saturated heterocycles. The number of aliphatic hydroxyl groups is 1. The van der Waals surface area contributed by atoms with E-state index in [-0.39, 0.29) is 17.4 Å². The average Bonchev–Trinajstić information content (AvgIpc) is 2.94. The first kappa shape index (κ1) is 15.7. The summed E-state index contributed by atoms with van der Waals surface area (Å²) < 4.78 is 1.81. The van der Waals surface area contributed by atoms with Gasteiger partial charge in [0.25, 0.3) is 5.69 Å². The van der Waals surface area contributed by atoms with Gasteiger partial charge in [0.15, 0.2) is 5.16 Å². The predicted octanol–water partition coefficient (Wildman–Crippen LogP) is 2.33. The predicted molar refractivity (Wildman–Crippen MR) is 79.0 cm³/mol. The zero-order valence-corrected chi connectivity index (χ0v) is 13.2. The van der Waals surface area contributed by atoms with Crippen LogP contribution in [0.2, 0.25) is 0 Å². The summed E-state index contributed by atoms with van der Waals surface area (Å²) in [5, 5.41) is 27.2. The van der Waals surface area contributed by atoms with Crippen molar-refractivity contribution in [3.8, 4) is 0 Å². The lowest BCUT2D eigenvalue weighted by Crippen LogP contribution is -2.19. The summed E-state index contributed by atoms with van der Waals surface area (Å²) in [5.41, 5.74) is -0.450. The van der Waals surface area contributed by atoms with Crippen molar-refractivity contribution in [3.05, 3.63) is 31.5 Å². The van der Waals surface area contributed by atoms with Gasteiger partial charge in [-0.25, -0.2) is 9.89 Å². The van der Waals surface area contributed by atoms with Crippen molar-refractivity contribution in [2.45, 2.75) is 42.3 Å². The lowest BCUT2D eigenvalue weighted by Gasteiger charge is -2.07. The van der Waals surface area contributed by atoms with E-state index in [1.54, 1.807) is 6.92 Å². The van der Waals surface area contributed by atoms with E-state index >= 15 is 0 Å². The van der Waals surface area contributed by atoms with Crippen LogP contribution >= 0.6 is 23.1 Å². The molecule has 2 rings (SSSR count). The third kappa shape index (κ3) is 3.17. The van der Waals surface area contributed by atoms with Crippen LogP contribution in [-0.2, 0) is 0 Å². The lowest BCUT2D eigenvalue weighted by molar-refractivity contribution is -0.387. The Morgan fingerprint density at radius 2 is 2.19 bits per heavy atom. The van der Waals surface area contributed by atoms with Crippen molar-refractivity contribution >= 4 is 28.8 Å². The van der Waals surface area contributed by atoms with Gasteiger partial charge in [-0.3, -0.25) is 14.7 Å². The molecule has 2 N–H and O–H groups in total. The largest absolute Gasteiger partial charge is 0.388 e. The Labute approximate surface area is 128 Å². The van der Waals surface area contributed by atoms with Crippen LogP contribution in [0.5, 0.6) is 0 Å². The maximum absolute atomic E-state index is 11.7. The summed E-state index contributed by atoms with van der Waals surface area (Å²) >= 11 is 2.17. The van der Waals surface area contributed by atoms with Crippen molar-refractivity contribution in [3.63, 3.8) is 0 Å². The van der Waals surface area contributed by atoms with E-state index in [0.29, 0.717) is 14.2 Å². The minimum Gasteiger partial charge on any atom is -0.388 e. The molecular formula is C11H14N4O4S2. The van der Waals surface area contributed by atoms with E-state index in [1.807, 2.05) is 13.8 Å². The van der Waals surface area contributed by atoms with E-state index in [1.165, 1.54) is 10.6 Å². The highest BCUT2D eigenvalue weighted by Gasteiger charge is 2.24. The SMILES string of the molecule is CC(C)n1c(Sc2sc([C@H](C)O)cc2[N+](=O)[O-])n[nH]c1=O. The van der Waals surface area contributed by atoms with Gasteiger partial charge < -0.3 is 5.11 Å². The maximum atomic E-state index is 11.7. The fraction of sp³-hybridized carbons (Fsp3) is 0.455. The Morgan fingerprint density at radius 3 is 2.71 bits per heavy atom. The van der Waals surface area contributed by atoms with Crippen molar-refractivity contribution in [2.75, 3.05) is 0 Å². The van der Waals surface area contributed by atoms with Gasteiger partial charge in [0.1, 0.15) is 4.21 Å². The van der Waals surface area contributed by atoms with Crippen LogP contribution in [0, 0.1) is 10.1 Å². The number of aliphatic hydroxyl groups excluding tert-OH is 1. The highest BCUT2D eigenvalue weighted by atomic mass is 32.2. The fourth-order valence-electron chi connectivity index (χ4n) is 1.69. The molecule has 8 nitrogen and oxygen atoms in total. The van der Waals surface area contributed by atoms with Crippen LogP contribution in [0.3, 0.4) is 0 Å². The third-order valence-corrected chi connectivity index (χ3v) is 5.13. The summed E-state index contributed by atoms with van der Waals surface area (Å²) in [7, 11) is 0. The second-order valence-electron chi connectivity index (χ2n) is 4.63. The molecule has 0 aromatic carbocycles. The molecule has 0 saturated carbocycles. The number of nitro groups is 1. The minimum absolute atomic E-state index is 0.0911. The number of hydrogen-bond acceptors (Lipinski definition) is 7. The Bertz CT molecular complexity index is 716. The van der Waals surface area contributed by atoms with Crippen LogP contribution in [0.25, 0.3) is 0 Å². The number of aromatic nitrogens is 3. The van der Waals surface area contributed by atoms with Crippen LogP contribution in [0.4, 0.5) is 5.69 Å². The molecular weight excluding hydrogens is 316 g/mol. The first-order chi connectivity index (χ1) is 9.81. The van der Waals surface area contributed by atoms with Gasteiger partial charge >= 0.3 is 5.69 Å². The molecule has 0 aliphatic rings. The van der Waals surface area contributed by atoms with Crippen molar-refractivity contribution in [1.82, 2.24) is 14.8 Å². The van der Waals surface area contributed by atoms with Crippen molar-refractivity contribution < 1.29 is 10.0 Å². The summed E-state index contributed by atoms with van der Waals surface area (Å²) in [4.78, 5) is 22.8. The lowest BCUT2D eigenvalue weighted by atomic mass is 10.3. The molecule has 1 atom stereocenters. The monoisotopic (exact) mass is 330 g/mol. The normalized spacial score (nSPS) is 12.8. The average molecular weight is 330 g/mol. The number of rotatable bonds is 5. The first-order valence-corrected chi connectivity index (χ1v) is 7.75. The Morgan fingerprint density at radius 1 is 1.52 bits per heavy atom. The van der Waals surface area contributed by atoms with Gasteiger partial charge in [0.05, 0.1) is 11.0 Å². The standard InChI is InChI=1S/C11H14N4O4S2/c1-5(2)14-10(17)12-13-11(14)21-9-7(15(18)19)4-8(20-9)6(3)16/h4-6,16H,1-3H3,(H,12,17)/t6-/m0/s1. The highest BCUT2D eigenvalue weighted by molar-refractivity contribution is 8.01. The molecule has 0 spiro atoms. The Balaban J connectivity index is 2.44. The Kier molecular flexibility index (Phi) is 4.49. The van der Waals surface area contributed by atoms with Crippen molar-refractivity contribution in [2.24, 2.45) is 0 Å². The van der Waals surface area contributed by atoms with Gasteiger partial charge in [-0.05, 0) is 32.5 Å². The van der Waals surface area contributed by atoms with E-state index in [0.717, 1.165) is 23.1 Å². The molecule has 114 valence electrons. The molecule has 2 heterocycles. The molecule has 0 amide bonds. The topological polar surface area (TPSA) is 114 Å². The Hall–Kier alpha value is -1.65. The van der Waals surface area contributed by atoms with Gasteiger partial charge in [0, 0.05) is 17.0 Å². The third-order valence-electron chi connectivity index (χ3n) is 2.68. The quantitative estimate of drug-likeness (QED) is 0.642. The van der Waals surface area contributed by atoms with E-state index < -0.39 is 11.0 Å². The molecule has 21 heavy (non-hydrogen) atoms. The van der Waals surface area contributed by atoms with Crippen molar-refractivity contribution in [1.29, 1.82) is 0 Å². The number of aromatic amines is 1. The van der Waals surface area contributed by atoms with Crippen LogP contribution < -0.4 is 5.69 Å². The summed E-state index contributed by atoms with van der Waals surface area (Å²) in [5.74, 6) is 0. The molecule has 0 fully saturated rings. The highest BCUT2D eigenvalue weighted by Crippen LogP contribution is 2.42. The van der Waals surface area contributed by atoms with Gasteiger partial charge in [-0.15, -0.1) is 16.4 Å². The van der Waals surface area contributed by atoms with Gasteiger partial charge in [-0.2, -0.15) is 0 Å². The number of nitrogens with one attached hydrogen (secondary N) is 1. The number of H-pyrrole nitrogens is 1. The summed E-state index contributed by atoms with van der Waals surface area (Å²) in [6.45, 7) is 5.19. The zero-order chi connectivity index (χ0) is 15.7. The van der Waals surface area contributed by atoms with E-state index in [4.69, 9.17) is 0 Å². The molecule has 0 radical (unpaired) electrons. The molecule has 10 heteroatoms. The minimum atomic E-state index is -0.783. The molecule has 2 aromatic heterocycles. The molecule has 2 aromatic rings. The molecule has 0 aliphatic carbocycles. The fourth-order valence-corrected chi connectivity index (χ4v) is 4.05. The smallest absolute Gasteiger partial charge is 0.344 e. The second-order valence-corrected chi connectivity index (χ2v) is 6.95. The second kappa shape index (κ2) is 6.00. The maximum Gasteiger partial charge on any atom is 0.344 e. The number of hydrogen-bond donors (Lipinski definition) is 2. The first-order valence-electron chi connectivity index (χ1n) is 6.12. The molecule has 0 aliphatic heterocycles. The van der Waals surface area contributed by atoms with Crippen LogP contribution in [-0.4, -0.2) is 24.8 Å². The molecule has 0 bridgehead atoms. The van der Waals surface area contributed by atoms with Crippen LogP contribution in [0.1, 0.15) is 37.8 Å². The number of nitrogens with zero attached hydrogens (tertiary/aromatic N) is 3. The van der Waals surface area contributed by atoms with Crippen LogP contribution in [0.15, 0.2) is 20.2 Å². The summed E-state index contributed by atoms with van der Waals surface area (Å²) in [6.07, 6.45) is -0.783. The summed E-state index contributed by atoms with van der Waals surface area (Å²) in [6, 6.07) is 1.23. The van der Waals surface area contributed by atoms with Gasteiger partial charge in [-0.1, -0.05) is 0 Å².